The quantitative estimate of drug-likeness (QED) is 0.610. The normalized spacial score (nSPS) is 30.1. The van der Waals surface area contributed by atoms with Crippen LogP contribution in [0.25, 0.3) is 0 Å². The molecule has 0 bridgehead atoms. The number of amides is 1. The molecule has 0 heterocycles. The molecule has 0 saturated heterocycles. The van der Waals surface area contributed by atoms with E-state index in [4.69, 9.17) is 11.6 Å². The van der Waals surface area contributed by atoms with Crippen LogP contribution in [-0.4, -0.2) is 17.8 Å². The van der Waals surface area contributed by atoms with Gasteiger partial charge in [-0.1, -0.05) is 25.7 Å². The lowest BCUT2D eigenvalue weighted by Gasteiger charge is -2.15. The van der Waals surface area contributed by atoms with Crippen LogP contribution in [-0.2, 0) is 4.79 Å². The molecule has 3 heteroatoms. The van der Waals surface area contributed by atoms with Crippen LogP contribution < -0.4 is 5.32 Å². The molecule has 1 N–H and O–H groups in total. The Morgan fingerprint density at radius 3 is 2.33 bits per heavy atom. The van der Waals surface area contributed by atoms with Crippen LogP contribution in [0.1, 0.15) is 64.2 Å². The van der Waals surface area contributed by atoms with Crippen LogP contribution in [0.3, 0.4) is 0 Å². The number of hydrogen-bond acceptors (Lipinski definition) is 1. The van der Waals surface area contributed by atoms with Crippen molar-refractivity contribution in [2.45, 2.75) is 69.6 Å². The minimum Gasteiger partial charge on any atom is -0.356 e. The van der Waals surface area contributed by atoms with E-state index in [2.05, 4.69) is 5.32 Å². The number of hydrogen-bond donors (Lipinski definition) is 1. The number of halogens is 1. The Balaban J connectivity index is 1.62. The molecule has 104 valence electrons. The first-order valence-corrected chi connectivity index (χ1v) is 8.08. The van der Waals surface area contributed by atoms with Gasteiger partial charge < -0.3 is 5.32 Å². The molecule has 2 aliphatic rings. The number of carbonyl (C=O) groups excluding carboxylic acids is 1. The van der Waals surface area contributed by atoms with Gasteiger partial charge in [-0.2, -0.15) is 0 Å². The molecule has 0 aliphatic heterocycles. The van der Waals surface area contributed by atoms with E-state index in [1.165, 1.54) is 44.9 Å². The summed E-state index contributed by atoms with van der Waals surface area (Å²) in [6, 6.07) is 0. The molecule has 2 rings (SSSR count). The van der Waals surface area contributed by atoms with Gasteiger partial charge in [0.2, 0.25) is 5.91 Å². The Morgan fingerprint density at radius 1 is 1.00 bits per heavy atom. The van der Waals surface area contributed by atoms with Gasteiger partial charge in [-0.25, -0.2) is 0 Å². The summed E-state index contributed by atoms with van der Waals surface area (Å²) in [7, 11) is 0. The van der Waals surface area contributed by atoms with Gasteiger partial charge in [0, 0.05) is 18.3 Å². The highest BCUT2D eigenvalue weighted by atomic mass is 35.5. The van der Waals surface area contributed by atoms with Crippen molar-refractivity contribution in [3.05, 3.63) is 0 Å². The molecule has 2 atom stereocenters. The second-order valence-corrected chi connectivity index (χ2v) is 6.76. The van der Waals surface area contributed by atoms with Crippen molar-refractivity contribution in [3.8, 4) is 0 Å². The maximum Gasteiger partial charge on any atom is 0.220 e. The van der Waals surface area contributed by atoms with Crippen molar-refractivity contribution in [1.82, 2.24) is 5.32 Å². The highest BCUT2D eigenvalue weighted by molar-refractivity contribution is 6.20. The molecule has 0 radical (unpaired) electrons. The first-order chi connectivity index (χ1) is 8.74. The van der Waals surface area contributed by atoms with E-state index in [9.17, 15) is 4.79 Å². The largest absolute Gasteiger partial charge is 0.356 e. The molecule has 0 aromatic rings. The first-order valence-electron chi connectivity index (χ1n) is 7.65. The second-order valence-electron chi connectivity index (χ2n) is 6.14. The Hall–Kier alpha value is -0.240. The van der Waals surface area contributed by atoms with Crippen molar-refractivity contribution >= 4 is 17.5 Å². The monoisotopic (exact) mass is 271 g/mol. The van der Waals surface area contributed by atoms with Gasteiger partial charge in [0.25, 0.3) is 0 Å². The third-order valence-corrected chi connectivity index (χ3v) is 4.91. The fraction of sp³-hybridized carbons (Fsp3) is 0.933. The average molecular weight is 272 g/mol. The van der Waals surface area contributed by atoms with Crippen LogP contribution >= 0.6 is 11.6 Å². The maximum atomic E-state index is 11.9. The molecule has 0 aromatic carbocycles. The highest BCUT2D eigenvalue weighted by Gasteiger charge is 2.23. The molecular formula is C15H26ClNO. The summed E-state index contributed by atoms with van der Waals surface area (Å²) < 4.78 is 0. The van der Waals surface area contributed by atoms with Gasteiger partial charge >= 0.3 is 0 Å². The highest BCUT2D eigenvalue weighted by Crippen LogP contribution is 2.29. The average Bonchev–Trinajstić information content (AvgIpc) is 2.60. The van der Waals surface area contributed by atoms with Crippen LogP contribution in [0.15, 0.2) is 0 Å². The van der Waals surface area contributed by atoms with Gasteiger partial charge in [-0.3, -0.25) is 4.79 Å². The molecule has 0 spiro atoms. The number of carbonyl (C=O) groups is 1. The van der Waals surface area contributed by atoms with Gasteiger partial charge in [0.15, 0.2) is 0 Å². The summed E-state index contributed by atoms with van der Waals surface area (Å²) >= 11 is 6.08. The van der Waals surface area contributed by atoms with E-state index >= 15 is 0 Å². The Morgan fingerprint density at radius 2 is 1.72 bits per heavy atom. The minimum absolute atomic E-state index is 0.264. The van der Waals surface area contributed by atoms with Crippen molar-refractivity contribution in [2.75, 3.05) is 6.54 Å². The van der Waals surface area contributed by atoms with Gasteiger partial charge in [0.05, 0.1) is 0 Å². The lowest BCUT2D eigenvalue weighted by molar-refractivity contribution is -0.122. The summed E-state index contributed by atoms with van der Waals surface area (Å²) in [6.07, 6.45) is 12.0. The predicted molar refractivity (Wildman–Crippen MR) is 75.8 cm³/mol. The van der Waals surface area contributed by atoms with Crippen molar-refractivity contribution in [1.29, 1.82) is 0 Å². The van der Waals surface area contributed by atoms with Gasteiger partial charge in [-0.05, 0) is 43.9 Å². The molecule has 2 nitrogen and oxygen atoms in total. The molecule has 0 aromatic heterocycles. The molecular weight excluding hydrogens is 246 g/mol. The fourth-order valence-corrected chi connectivity index (χ4v) is 3.74. The third kappa shape index (κ3) is 4.79. The van der Waals surface area contributed by atoms with E-state index in [-0.39, 0.29) is 5.91 Å². The predicted octanol–water partition coefficient (Wildman–Crippen LogP) is 3.87. The first kappa shape index (κ1) is 14.2. The summed E-state index contributed by atoms with van der Waals surface area (Å²) in [5, 5.41) is 3.46. The van der Waals surface area contributed by atoms with E-state index in [0.717, 1.165) is 25.8 Å². The third-order valence-electron chi connectivity index (χ3n) is 4.51. The zero-order chi connectivity index (χ0) is 12.8. The van der Waals surface area contributed by atoms with Crippen LogP contribution in [0, 0.1) is 11.8 Å². The van der Waals surface area contributed by atoms with Crippen molar-refractivity contribution in [3.63, 3.8) is 0 Å². The van der Waals surface area contributed by atoms with Gasteiger partial charge in [-0.15, -0.1) is 11.6 Å². The molecule has 2 aliphatic carbocycles. The molecule has 2 fully saturated rings. The molecule has 2 unspecified atom stereocenters. The van der Waals surface area contributed by atoms with E-state index in [0.29, 0.717) is 17.2 Å². The minimum atomic E-state index is 0.264. The number of nitrogens with one attached hydrogen (secondary N) is 1. The molecule has 2 saturated carbocycles. The van der Waals surface area contributed by atoms with E-state index in [1.54, 1.807) is 0 Å². The van der Waals surface area contributed by atoms with E-state index in [1.807, 2.05) is 0 Å². The molecule has 1 amide bonds. The number of rotatable bonds is 4. The Kier molecular flexibility index (Phi) is 5.81. The summed E-state index contributed by atoms with van der Waals surface area (Å²) in [5.41, 5.74) is 0. The van der Waals surface area contributed by atoms with Crippen LogP contribution in [0.4, 0.5) is 0 Å². The zero-order valence-corrected chi connectivity index (χ0v) is 12.1. The van der Waals surface area contributed by atoms with E-state index < -0.39 is 0 Å². The van der Waals surface area contributed by atoms with Crippen LogP contribution in [0.2, 0.25) is 0 Å². The smallest absolute Gasteiger partial charge is 0.220 e. The topological polar surface area (TPSA) is 29.1 Å². The maximum absolute atomic E-state index is 11.9. The number of alkyl halides is 1. The lowest BCUT2D eigenvalue weighted by atomic mass is 9.96. The molecule has 18 heavy (non-hydrogen) atoms. The Bertz CT molecular complexity index is 261. The fourth-order valence-electron chi connectivity index (χ4n) is 3.36. The van der Waals surface area contributed by atoms with Crippen LogP contribution in [0.5, 0.6) is 0 Å². The lowest BCUT2D eigenvalue weighted by Crippen LogP contribution is -2.30. The van der Waals surface area contributed by atoms with Crippen molar-refractivity contribution < 1.29 is 4.79 Å². The van der Waals surface area contributed by atoms with Gasteiger partial charge in [0.1, 0.15) is 0 Å². The summed E-state index contributed by atoms with van der Waals surface area (Å²) in [5.74, 6) is 1.52. The van der Waals surface area contributed by atoms with Crippen molar-refractivity contribution in [2.24, 2.45) is 11.8 Å². The Labute approximate surface area is 116 Å². The zero-order valence-electron chi connectivity index (χ0n) is 11.3. The second kappa shape index (κ2) is 7.37. The summed E-state index contributed by atoms with van der Waals surface area (Å²) in [6.45, 7) is 0.842. The standard InChI is InChI=1S/C15H26ClNO/c16-14-8-7-13(9-14)11-17-15(18)10-12-5-3-1-2-4-6-12/h12-14H,1-11H2,(H,17,18). The SMILES string of the molecule is O=C(CC1CCCCCC1)NCC1CCC(Cl)C1. The summed E-state index contributed by atoms with van der Waals surface area (Å²) in [4.78, 5) is 11.9.